The van der Waals surface area contributed by atoms with E-state index in [0.29, 0.717) is 49.1 Å². The normalized spacial score (nSPS) is 11.1. The van der Waals surface area contributed by atoms with E-state index in [0.717, 1.165) is 11.5 Å². The van der Waals surface area contributed by atoms with E-state index in [1.54, 1.807) is 6.92 Å². The number of hydrogen-bond donors (Lipinski definition) is 0. The molecule has 3 heterocycles. The average Bonchev–Trinajstić information content (AvgIpc) is 3.16. The van der Waals surface area contributed by atoms with Crippen LogP contribution in [0.15, 0.2) is 19.6 Å². The molecule has 110 valence electrons. The second-order valence-corrected chi connectivity index (χ2v) is 4.77. The summed E-state index contributed by atoms with van der Waals surface area (Å²) < 4.78 is 15.2. The summed E-state index contributed by atoms with van der Waals surface area (Å²) in [4.78, 5) is 8.46. The van der Waals surface area contributed by atoms with Crippen LogP contribution in [0.2, 0.25) is 0 Å². The Morgan fingerprint density at radius 3 is 2.24 bits per heavy atom. The predicted molar refractivity (Wildman–Crippen MR) is 69.4 cm³/mol. The quantitative estimate of drug-likeness (QED) is 0.674. The maximum absolute atomic E-state index is 5.20. The second-order valence-electron chi connectivity index (χ2n) is 4.77. The summed E-state index contributed by atoms with van der Waals surface area (Å²) in [6, 6.07) is 1.90. The summed E-state index contributed by atoms with van der Waals surface area (Å²) >= 11 is 0. The third-order valence-corrected chi connectivity index (χ3v) is 2.91. The number of nitrogens with zero attached hydrogens (tertiary/aromatic N) is 5. The van der Waals surface area contributed by atoms with Gasteiger partial charge in [0.1, 0.15) is 5.76 Å². The van der Waals surface area contributed by atoms with Gasteiger partial charge in [0.25, 0.3) is 0 Å². The van der Waals surface area contributed by atoms with Crippen molar-refractivity contribution >= 4 is 0 Å². The summed E-state index contributed by atoms with van der Waals surface area (Å²) in [5, 5.41) is 11.6. The lowest BCUT2D eigenvalue weighted by Gasteiger charge is -1.90. The fourth-order valence-corrected chi connectivity index (χ4v) is 1.92. The first-order valence-corrected chi connectivity index (χ1v) is 6.72. The minimum atomic E-state index is 0.557. The Hall–Kier alpha value is -2.51. The van der Waals surface area contributed by atoms with Gasteiger partial charge in [-0.2, -0.15) is 9.97 Å². The van der Waals surface area contributed by atoms with Gasteiger partial charge in [-0.3, -0.25) is 0 Å². The fourth-order valence-electron chi connectivity index (χ4n) is 1.92. The summed E-state index contributed by atoms with van der Waals surface area (Å²) in [5.74, 6) is 3.25. The van der Waals surface area contributed by atoms with Crippen molar-refractivity contribution in [2.75, 3.05) is 0 Å². The van der Waals surface area contributed by atoms with Crippen LogP contribution in [-0.2, 0) is 25.7 Å². The highest BCUT2D eigenvalue weighted by Crippen LogP contribution is 2.08. The molecular formula is C13H15N5O3. The van der Waals surface area contributed by atoms with E-state index in [9.17, 15) is 0 Å². The molecule has 0 amide bonds. The minimum Gasteiger partial charge on any atom is -0.361 e. The lowest BCUT2D eigenvalue weighted by Crippen LogP contribution is -1.96. The van der Waals surface area contributed by atoms with Crippen LogP contribution in [0.1, 0.15) is 34.9 Å². The highest BCUT2D eigenvalue weighted by atomic mass is 16.5. The van der Waals surface area contributed by atoms with Gasteiger partial charge >= 0.3 is 0 Å². The molecule has 0 fully saturated rings. The molecule has 0 saturated heterocycles. The smallest absolute Gasteiger partial charge is 0.227 e. The third kappa shape index (κ3) is 3.53. The van der Waals surface area contributed by atoms with E-state index in [4.69, 9.17) is 13.6 Å². The molecule has 0 bridgehead atoms. The summed E-state index contributed by atoms with van der Waals surface area (Å²) in [6.07, 6.45) is 2.55. The Bertz CT molecular complexity index is 656. The first-order chi connectivity index (χ1) is 10.2. The molecular weight excluding hydrogens is 274 g/mol. The van der Waals surface area contributed by atoms with Gasteiger partial charge in [0.2, 0.25) is 11.8 Å². The maximum Gasteiger partial charge on any atom is 0.227 e. The van der Waals surface area contributed by atoms with E-state index in [1.807, 2.05) is 13.0 Å². The van der Waals surface area contributed by atoms with Crippen LogP contribution in [0.3, 0.4) is 0 Å². The molecule has 3 rings (SSSR count). The molecule has 0 N–H and O–H groups in total. The van der Waals surface area contributed by atoms with Crippen molar-refractivity contribution in [2.45, 2.75) is 39.5 Å². The average molecular weight is 289 g/mol. The van der Waals surface area contributed by atoms with Crippen molar-refractivity contribution in [3.8, 4) is 0 Å². The third-order valence-electron chi connectivity index (χ3n) is 2.91. The van der Waals surface area contributed by atoms with E-state index >= 15 is 0 Å². The molecule has 0 spiro atoms. The summed E-state index contributed by atoms with van der Waals surface area (Å²) in [7, 11) is 0. The van der Waals surface area contributed by atoms with Gasteiger partial charge in [0.05, 0.1) is 5.69 Å². The molecule has 0 aliphatic heterocycles. The largest absolute Gasteiger partial charge is 0.361 e. The zero-order valence-corrected chi connectivity index (χ0v) is 11.9. The number of aromatic nitrogens is 5. The first-order valence-electron chi connectivity index (χ1n) is 6.72. The molecule has 0 aliphatic rings. The van der Waals surface area contributed by atoms with E-state index in [2.05, 4.69) is 25.4 Å². The Balaban J connectivity index is 1.51. The van der Waals surface area contributed by atoms with Gasteiger partial charge in [-0.1, -0.05) is 15.5 Å². The molecule has 8 nitrogen and oxygen atoms in total. The number of aryl methyl sites for hydroxylation is 6. The molecule has 0 aliphatic carbocycles. The topological polar surface area (TPSA) is 104 Å². The molecule has 0 aromatic carbocycles. The van der Waals surface area contributed by atoms with Crippen LogP contribution in [-0.4, -0.2) is 25.4 Å². The zero-order chi connectivity index (χ0) is 14.7. The van der Waals surface area contributed by atoms with Crippen LogP contribution >= 0.6 is 0 Å². The van der Waals surface area contributed by atoms with Crippen LogP contribution < -0.4 is 0 Å². The molecule has 8 heteroatoms. The second kappa shape index (κ2) is 5.86. The van der Waals surface area contributed by atoms with Crippen LogP contribution in [0.4, 0.5) is 0 Å². The Morgan fingerprint density at radius 2 is 1.57 bits per heavy atom. The molecule has 21 heavy (non-hydrogen) atoms. The predicted octanol–water partition coefficient (Wildman–Crippen LogP) is 1.63. The van der Waals surface area contributed by atoms with Gasteiger partial charge in [-0.25, -0.2) is 0 Å². The standard InChI is InChI=1S/C13H15N5O3/c1-8-7-10(20-16-8)3-6-13-15-12(18-21-13)5-4-11-14-9(2)19-17-11/h7H,3-6H2,1-2H3. The fraction of sp³-hybridized carbons (Fsp3) is 0.462. The molecule has 3 aromatic rings. The number of rotatable bonds is 6. The van der Waals surface area contributed by atoms with Gasteiger partial charge in [-0.15, -0.1) is 0 Å². The Labute approximate surface area is 120 Å². The highest BCUT2D eigenvalue weighted by Gasteiger charge is 2.10. The molecule has 0 atom stereocenters. The highest BCUT2D eigenvalue weighted by molar-refractivity contribution is 5.04. The van der Waals surface area contributed by atoms with Crippen molar-refractivity contribution < 1.29 is 13.6 Å². The lowest BCUT2D eigenvalue weighted by molar-refractivity contribution is 0.353. The van der Waals surface area contributed by atoms with Gasteiger partial charge in [0.15, 0.2) is 11.6 Å². The molecule has 0 unspecified atom stereocenters. The van der Waals surface area contributed by atoms with E-state index in [-0.39, 0.29) is 0 Å². The first kappa shape index (κ1) is 13.5. The number of hydrogen-bond acceptors (Lipinski definition) is 8. The van der Waals surface area contributed by atoms with E-state index < -0.39 is 0 Å². The monoisotopic (exact) mass is 289 g/mol. The van der Waals surface area contributed by atoms with Crippen molar-refractivity contribution in [1.29, 1.82) is 0 Å². The van der Waals surface area contributed by atoms with Crippen molar-refractivity contribution in [3.05, 3.63) is 41.0 Å². The molecule has 3 aromatic heterocycles. The lowest BCUT2D eigenvalue weighted by atomic mass is 10.2. The van der Waals surface area contributed by atoms with E-state index in [1.165, 1.54) is 0 Å². The summed E-state index contributed by atoms with van der Waals surface area (Å²) in [5.41, 5.74) is 0.867. The van der Waals surface area contributed by atoms with Gasteiger partial charge < -0.3 is 13.6 Å². The van der Waals surface area contributed by atoms with Crippen molar-refractivity contribution in [1.82, 2.24) is 25.4 Å². The van der Waals surface area contributed by atoms with Crippen LogP contribution in [0.5, 0.6) is 0 Å². The molecule has 0 radical (unpaired) electrons. The van der Waals surface area contributed by atoms with Crippen LogP contribution in [0.25, 0.3) is 0 Å². The Morgan fingerprint density at radius 1 is 0.810 bits per heavy atom. The van der Waals surface area contributed by atoms with Gasteiger partial charge in [-0.05, 0) is 6.92 Å². The minimum absolute atomic E-state index is 0.557. The Kier molecular flexibility index (Phi) is 3.76. The molecule has 0 saturated carbocycles. The zero-order valence-electron chi connectivity index (χ0n) is 11.9. The maximum atomic E-state index is 5.20. The van der Waals surface area contributed by atoms with Gasteiger partial charge in [0, 0.05) is 38.7 Å². The van der Waals surface area contributed by atoms with Crippen molar-refractivity contribution in [3.63, 3.8) is 0 Å². The van der Waals surface area contributed by atoms with Crippen molar-refractivity contribution in [2.24, 2.45) is 0 Å². The van der Waals surface area contributed by atoms with Crippen LogP contribution in [0, 0.1) is 13.8 Å². The SMILES string of the molecule is Cc1cc(CCc2nc(CCc3noc(C)n3)no2)on1. The summed E-state index contributed by atoms with van der Waals surface area (Å²) in [6.45, 7) is 3.64.